The molecule has 0 spiro atoms. The van der Waals surface area contributed by atoms with Crippen LogP contribution in [-0.2, 0) is 0 Å². The highest BCUT2D eigenvalue weighted by Gasteiger charge is 2.19. The summed E-state index contributed by atoms with van der Waals surface area (Å²) in [5.41, 5.74) is 11.3. The molecule has 7 heteroatoms. The zero-order valence-corrected chi connectivity index (χ0v) is 17.3. The van der Waals surface area contributed by atoms with E-state index < -0.39 is 0 Å². The highest BCUT2D eigenvalue weighted by atomic mass is 32.1. The lowest BCUT2D eigenvalue weighted by Crippen LogP contribution is -2.13. The second-order valence-electron chi connectivity index (χ2n) is 7.23. The molecule has 5 rings (SSSR count). The number of nitrogens with zero attached hydrogens (tertiary/aromatic N) is 1. The van der Waals surface area contributed by atoms with E-state index in [2.05, 4.69) is 5.32 Å². The van der Waals surface area contributed by atoms with Gasteiger partial charge >= 0.3 is 0 Å². The van der Waals surface area contributed by atoms with Crippen LogP contribution in [0.15, 0.2) is 48.5 Å². The molecule has 150 valence electrons. The first-order valence-corrected chi connectivity index (χ1v) is 10.3. The summed E-state index contributed by atoms with van der Waals surface area (Å²) in [5.74, 6) is 1.20. The Hall–Kier alpha value is -3.58. The lowest BCUT2D eigenvalue weighted by atomic mass is 10.1. The van der Waals surface area contributed by atoms with Crippen molar-refractivity contribution >= 4 is 38.8 Å². The van der Waals surface area contributed by atoms with Crippen LogP contribution in [0.5, 0.6) is 11.5 Å². The summed E-state index contributed by atoms with van der Waals surface area (Å²) in [5, 5.41) is 3.75. The van der Waals surface area contributed by atoms with E-state index in [1.54, 1.807) is 0 Å². The fourth-order valence-corrected chi connectivity index (χ4v) is 4.42. The Morgan fingerprint density at radius 1 is 1.07 bits per heavy atom. The average Bonchev–Trinajstić information content (AvgIpc) is 3.34. The van der Waals surface area contributed by atoms with Crippen molar-refractivity contribution in [2.45, 2.75) is 13.8 Å². The van der Waals surface area contributed by atoms with Crippen molar-refractivity contribution in [3.63, 3.8) is 0 Å². The third kappa shape index (κ3) is 3.13. The lowest BCUT2D eigenvalue weighted by Gasteiger charge is -2.08. The van der Waals surface area contributed by atoms with Crippen LogP contribution in [0, 0.1) is 13.8 Å². The second-order valence-corrected chi connectivity index (χ2v) is 8.23. The van der Waals surface area contributed by atoms with Gasteiger partial charge in [0.15, 0.2) is 11.5 Å². The van der Waals surface area contributed by atoms with Crippen LogP contribution in [-0.4, -0.2) is 17.7 Å². The molecule has 2 aromatic carbocycles. The zero-order chi connectivity index (χ0) is 20.8. The van der Waals surface area contributed by atoms with Gasteiger partial charge in [-0.1, -0.05) is 12.1 Å². The molecule has 0 aliphatic carbocycles. The van der Waals surface area contributed by atoms with Gasteiger partial charge in [0.1, 0.15) is 9.71 Å². The predicted molar refractivity (Wildman–Crippen MR) is 119 cm³/mol. The summed E-state index contributed by atoms with van der Waals surface area (Å²) in [4.78, 5) is 18.8. The van der Waals surface area contributed by atoms with Crippen LogP contribution in [0.1, 0.15) is 20.8 Å². The Balaban J connectivity index is 1.49. The fraction of sp³-hybridized carbons (Fsp3) is 0.130. The number of fused-ring (bicyclic) bond motifs is 2. The van der Waals surface area contributed by atoms with Crippen molar-refractivity contribution in [1.82, 2.24) is 4.98 Å². The minimum absolute atomic E-state index is 0.228. The van der Waals surface area contributed by atoms with Gasteiger partial charge in [0.05, 0.1) is 11.4 Å². The molecule has 2 aromatic heterocycles. The second kappa shape index (κ2) is 7.03. The standard InChI is InChI=1S/C23H19N3O3S/c1-12-3-4-13(2)17(9-12)25-22(27)21-20(24)15-6-7-16(26-23(15)30-21)14-5-8-18-19(10-14)29-11-28-18/h3-10H,11,24H2,1-2H3,(H,25,27). The first-order chi connectivity index (χ1) is 14.5. The van der Waals surface area contributed by atoms with Gasteiger partial charge in [-0.2, -0.15) is 0 Å². The van der Waals surface area contributed by atoms with E-state index in [9.17, 15) is 4.79 Å². The number of hydrogen-bond donors (Lipinski definition) is 2. The van der Waals surface area contributed by atoms with Gasteiger partial charge in [-0.05, 0) is 61.4 Å². The molecule has 0 bridgehead atoms. The summed E-state index contributed by atoms with van der Waals surface area (Å²) < 4.78 is 10.8. The van der Waals surface area contributed by atoms with Crippen LogP contribution < -0.4 is 20.5 Å². The average molecular weight is 417 g/mol. The Morgan fingerprint density at radius 3 is 2.77 bits per heavy atom. The maximum atomic E-state index is 12.9. The molecule has 0 saturated carbocycles. The van der Waals surface area contributed by atoms with Crippen LogP contribution in [0.25, 0.3) is 21.5 Å². The number of ether oxygens (including phenoxy) is 2. The molecule has 3 heterocycles. The zero-order valence-electron chi connectivity index (χ0n) is 16.5. The summed E-state index contributed by atoms with van der Waals surface area (Å²) in [6.07, 6.45) is 0. The Morgan fingerprint density at radius 2 is 1.90 bits per heavy atom. The van der Waals surface area contributed by atoms with Crippen molar-refractivity contribution in [3.8, 4) is 22.8 Å². The summed E-state index contributed by atoms with van der Waals surface area (Å²) >= 11 is 1.29. The summed E-state index contributed by atoms with van der Waals surface area (Å²) in [7, 11) is 0. The van der Waals surface area contributed by atoms with Crippen molar-refractivity contribution in [2.75, 3.05) is 17.8 Å². The molecule has 3 N–H and O–H groups in total. The van der Waals surface area contributed by atoms with E-state index >= 15 is 0 Å². The van der Waals surface area contributed by atoms with Gasteiger partial charge in [0.2, 0.25) is 6.79 Å². The fourth-order valence-electron chi connectivity index (χ4n) is 3.43. The van der Waals surface area contributed by atoms with Crippen molar-refractivity contribution in [2.24, 2.45) is 0 Å². The van der Waals surface area contributed by atoms with E-state index in [1.165, 1.54) is 11.3 Å². The number of nitrogen functional groups attached to an aromatic ring is 1. The number of pyridine rings is 1. The van der Waals surface area contributed by atoms with Gasteiger partial charge in [-0.25, -0.2) is 4.98 Å². The number of rotatable bonds is 3. The maximum absolute atomic E-state index is 12.9. The third-order valence-corrected chi connectivity index (χ3v) is 6.22. The third-order valence-electron chi connectivity index (χ3n) is 5.11. The van der Waals surface area contributed by atoms with E-state index in [0.29, 0.717) is 21.1 Å². The van der Waals surface area contributed by atoms with Gasteiger partial charge < -0.3 is 20.5 Å². The molecule has 0 unspecified atom stereocenters. The molecule has 30 heavy (non-hydrogen) atoms. The molecule has 4 aromatic rings. The van der Waals surface area contributed by atoms with E-state index in [4.69, 9.17) is 20.2 Å². The number of nitrogens with two attached hydrogens (primary N) is 1. The Bertz CT molecular complexity index is 1310. The van der Waals surface area contributed by atoms with Crippen LogP contribution in [0.2, 0.25) is 0 Å². The number of hydrogen-bond acceptors (Lipinski definition) is 6. The first kappa shape index (κ1) is 18.4. The number of carbonyl (C=O) groups excluding carboxylic acids is 1. The highest BCUT2D eigenvalue weighted by molar-refractivity contribution is 7.21. The molecule has 0 atom stereocenters. The number of anilines is 2. The van der Waals surface area contributed by atoms with Crippen LogP contribution in [0.3, 0.4) is 0 Å². The van der Waals surface area contributed by atoms with Crippen LogP contribution in [0.4, 0.5) is 11.4 Å². The molecule has 1 amide bonds. The lowest BCUT2D eigenvalue weighted by molar-refractivity contribution is 0.103. The number of aryl methyl sites for hydroxylation is 2. The summed E-state index contributed by atoms with van der Waals surface area (Å²) in [6.45, 7) is 4.18. The van der Waals surface area contributed by atoms with E-state index in [0.717, 1.165) is 39.2 Å². The molecule has 0 fully saturated rings. The molecule has 0 saturated heterocycles. The largest absolute Gasteiger partial charge is 0.454 e. The summed E-state index contributed by atoms with van der Waals surface area (Å²) in [6, 6.07) is 15.5. The van der Waals surface area contributed by atoms with E-state index in [-0.39, 0.29) is 12.7 Å². The number of amides is 1. The van der Waals surface area contributed by atoms with E-state index in [1.807, 2.05) is 62.4 Å². The van der Waals surface area contributed by atoms with Crippen molar-refractivity contribution in [3.05, 3.63) is 64.5 Å². The van der Waals surface area contributed by atoms with Gasteiger partial charge in [0, 0.05) is 16.6 Å². The molecule has 1 aliphatic heterocycles. The SMILES string of the molecule is Cc1ccc(C)c(NC(=O)c2sc3nc(-c4ccc5c(c4)OCO5)ccc3c2N)c1. The van der Waals surface area contributed by atoms with Gasteiger partial charge in [-0.15, -0.1) is 11.3 Å². The minimum Gasteiger partial charge on any atom is -0.454 e. The number of aromatic nitrogens is 1. The quantitative estimate of drug-likeness (QED) is 0.482. The number of thiophene rings is 1. The van der Waals surface area contributed by atoms with Gasteiger partial charge in [-0.3, -0.25) is 4.79 Å². The Kier molecular flexibility index (Phi) is 4.33. The van der Waals surface area contributed by atoms with Crippen molar-refractivity contribution < 1.29 is 14.3 Å². The van der Waals surface area contributed by atoms with Crippen LogP contribution >= 0.6 is 11.3 Å². The number of nitrogens with one attached hydrogen (secondary N) is 1. The normalized spacial score (nSPS) is 12.3. The molecule has 6 nitrogen and oxygen atoms in total. The van der Waals surface area contributed by atoms with Gasteiger partial charge in [0.25, 0.3) is 5.91 Å². The minimum atomic E-state index is -0.228. The monoisotopic (exact) mass is 417 g/mol. The Labute approximate surface area is 177 Å². The molecule has 1 aliphatic rings. The first-order valence-electron chi connectivity index (χ1n) is 9.47. The highest BCUT2D eigenvalue weighted by Crippen LogP contribution is 2.38. The number of carbonyl (C=O) groups is 1. The smallest absolute Gasteiger partial charge is 0.267 e. The molecular weight excluding hydrogens is 398 g/mol. The topological polar surface area (TPSA) is 86.5 Å². The maximum Gasteiger partial charge on any atom is 0.267 e. The molecular formula is C23H19N3O3S. The number of benzene rings is 2. The van der Waals surface area contributed by atoms with Crippen molar-refractivity contribution in [1.29, 1.82) is 0 Å². The predicted octanol–water partition coefficient (Wildman–Crippen LogP) is 5.14. The molecule has 0 radical (unpaired) electrons.